The molecule has 4 heteroatoms. The summed E-state index contributed by atoms with van der Waals surface area (Å²) in [6.07, 6.45) is 3.21. The van der Waals surface area contributed by atoms with E-state index in [0.717, 1.165) is 25.3 Å². The highest BCUT2D eigenvalue weighted by molar-refractivity contribution is 5.19. The molecule has 0 heterocycles. The van der Waals surface area contributed by atoms with Gasteiger partial charge in [0.1, 0.15) is 11.6 Å². The second-order valence-corrected chi connectivity index (χ2v) is 5.18. The SMILES string of the molecule is NNC(CCCc1ccccc1)Cc1ccc(F)cc1F. The van der Waals surface area contributed by atoms with Crippen LogP contribution in [0.15, 0.2) is 48.5 Å². The largest absolute Gasteiger partial charge is 0.271 e. The van der Waals surface area contributed by atoms with Crippen LogP contribution in [0.5, 0.6) is 0 Å². The third kappa shape index (κ3) is 4.92. The molecule has 0 aliphatic heterocycles. The molecular weight excluding hydrogens is 270 g/mol. The molecule has 2 aromatic rings. The lowest BCUT2D eigenvalue weighted by Crippen LogP contribution is -2.37. The molecule has 3 N–H and O–H groups in total. The first-order chi connectivity index (χ1) is 10.2. The van der Waals surface area contributed by atoms with Gasteiger partial charge in [0.05, 0.1) is 0 Å². The second-order valence-electron chi connectivity index (χ2n) is 5.18. The zero-order valence-corrected chi connectivity index (χ0v) is 11.9. The van der Waals surface area contributed by atoms with Crippen LogP contribution in [0.2, 0.25) is 0 Å². The number of hydrogen-bond acceptors (Lipinski definition) is 2. The van der Waals surface area contributed by atoms with Gasteiger partial charge in [-0.15, -0.1) is 0 Å². The van der Waals surface area contributed by atoms with Crippen LogP contribution in [0.1, 0.15) is 24.0 Å². The minimum atomic E-state index is -0.558. The number of nitrogens with two attached hydrogens (primary N) is 1. The van der Waals surface area contributed by atoms with Crippen molar-refractivity contribution in [2.75, 3.05) is 0 Å². The summed E-state index contributed by atoms with van der Waals surface area (Å²) < 4.78 is 26.5. The average molecular weight is 290 g/mol. The van der Waals surface area contributed by atoms with E-state index < -0.39 is 11.6 Å². The van der Waals surface area contributed by atoms with Gasteiger partial charge < -0.3 is 0 Å². The van der Waals surface area contributed by atoms with Crippen molar-refractivity contribution in [3.8, 4) is 0 Å². The lowest BCUT2D eigenvalue weighted by atomic mass is 9.99. The zero-order chi connectivity index (χ0) is 15.1. The maximum Gasteiger partial charge on any atom is 0.129 e. The van der Waals surface area contributed by atoms with E-state index in [9.17, 15) is 8.78 Å². The predicted molar refractivity (Wildman–Crippen MR) is 80.6 cm³/mol. The van der Waals surface area contributed by atoms with Gasteiger partial charge in [-0.3, -0.25) is 11.3 Å². The van der Waals surface area contributed by atoms with E-state index in [2.05, 4.69) is 17.6 Å². The van der Waals surface area contributed by atoms with Gasteiger partial charge in [-0.25, -0.2) is 8.78 Å². The highest BCUT2D eigenvalue weighted by Crippen LogP contribution is 2.14. The van der Waals surface area contributed by atoms with Crippen LogP contribution in [-0.2, 0) is 12.8 Å². The van der Waals surface area contributed by atoms with E-state index in [1.165, 1.54) is 17.7 Å². The maximum absolute atomic E-state index is 13.6. The Labute approximate surface area is 124 Å². The predicted octanol–water partition coefficient (Wildman–Crippen LogP) is 3.36. The van der Waals surface area contributed by atoms with Gasteiger partial charge in [-0.05, 0) is 42.9 Å². The third-order valence-electron chi connectivity index (χ3n) is 3.58. The summed E-state index contributed by atoms with van der Waals surface area (Å²) in [5, 5.41) is 0. The fourth-order valence-corrected chi connectivity index (χ4v) is 2.39. The maximum atomic E-state index is 13.6. The third-order valence-corrected chi connectivity index (χ3v) is 3.58. The van der Waals surface area contributed by atoms with Gasteiger partial charge in [0.25, 0.3) is 0 Å². The first kappa shape index (κ1) is 15.6. The molecule has 0 saturated heterocycles. The summed E-state index contributed by atoms with van der Waals surface area (Å²) >= 11 is 0. The molecule has 0 aliphatic carbocycles. The first-order valence-corrected chi connectivity index (χ1v) is 7.13. The Morgan fingerprint density at radius 1 is 1.05 bits per heavy atom. The summed E-state index contributed by atoms with van der Waals surface area (Å²) in [6, 6.07) is 13.8. The van der Waals surface area contributed by atoms with Crippen molar-refractivity contribution in [2.45, 2.75) is 31.7 Å². The number of halogens is 2. The van der Waals surface area contributed by atoms with E-state index in [1.54, 1.807) is 0 Å². The van der Waals surface area contributed by atoms with Crippen molar-refractivity contribution in [1.29, 1.82) is 0 Å². The number of nitrogens with one attached hydrogen (secondary N) is 1. The highest BCUT2D eigenvalue weighted by atomic mass is 19.1. The van der Waals surface area contributed by atoms with Crippen molar-refractivity contribution >= 4 is 0 Å². The molecule has 1 atom stereocenters. The molecule has 0 saturated carbocycles. The molecule has 0 bridgehead atoms. The fraction of sp³-hybridized carbons (Fsp3) is 0.294. The van der Waals surface area contributed by atoms with Gasteiger partial charge >= 0.3 is 0 Å². The fourth-order valence-electron chi connectivity index (χ4n) is 2.39. The van der Waals surface area contributed by atoms with Gasteiger partial charge in [-0.2, -0.15) is 0 Å². The van der Waals surface area contributed by atoms with Crippen LogP contribution in [0, 0.1) is 11.6 Å². The van der Waals surface area contributed by atoms with Crippen molar-refractivity contribution in [1.82, 2.24) is 5.43 Å². The lowest BCUT2D eigenvalue weighted by Gasteiger charge is -2.16. The second kappa shape index (κ2) is 7.86. The van der Waals surface area contributed by atoms with Crippen LogP contribution in [-0.4, -0.2) is 6.04 Å². The molecule has 0 aliphatic rings. The Hall–Kier alpha value is -1.78. The van der Waals surface area contributed by atoms with Crippen molar-refractivity contribution < 1.29 is 8.78 Å². The Balaban J connectivity index is 1.85. The van der Waals surface area contributed by atoms with E-state index in [-0.39, 0.29) is 6.04 Å². The highest BCUT2D eigenvalue weighted by Gasteiger charge is 2.11. The molecule has 2 nitrogen and oxygen atoms in total. The number of hydrogen-bond donors (Lipinski definition) is 2. The Kier molecular flexibility index (Phi) is 5.84. The molecule has 21 heavy (non-hydrogen) atoms. The standard InChI is InChI=1S/C17H20F2N2/c18-15-10-9-14(17(19)12-15)11-16(21-20)8-4-7-13-5-2-1-3-6-13/h1-3,5-6,9-10,12,16,21H,4,7-8,11,20H2. The molecule has 1 unspecified atom stereocenters. The minimum Gasteiger partial charge on any atom is -0.271 e. The van der Waals surface area contributed by atoms with Crippen LogP contribution < -0.4 is 11.3 Å². The Morgan fingerprint density at radius 3 is 2.48 bits per heavy atom. The summed E-state index contributed by atoms with van der Waals surface area (Å²) in [6.45, 7) is 0. The van der Waals surface area contributed by atoms with Gasteiger partial charge in [0.15, 0.2) is 0 Å². The molecular formula is C17H20F2N2. The molecule has 0 fully saturated rings. The normalized spacial score (nSPS) is 12.3. The Bertz CT molecular complexity index is 558. The number of aryl methyl sites for hydroxylation is 1. The average Bonchev–Trinajstić information content (AvgIpc) is 2.49. The molecule has 0 aromatic heterocycles. The topological polar surface area (TPSA) is 38.0 Å². The summed E-state index contributed by atoms with van der Waals surface area (Å²) in [4.78, 5) is 0. The molecule has 0 amide bonds. The van der Waals surface area contributed by atoms with Gasteiger partial charge in [-0.1, -0.05) is 36.4 Å². The number of benzene rings is 2. The number of rotatable bonds is 7. The quantitative estimate of drug-likeness (QED) is 0.606. The summed E-state index contributed by atoms with van der Waals surface area (Å²) in [5.41, 5.74) is 4.48. The van der Waals surface area contributed by atoms with Crippen LogP contribution in [0.4, 0.5) is 8.78 Å². The molecule has 0 radical (unpaired) electrons. The summed E-state index contributed by atoms with van der Waals surface area (Å²) in [5.74, 6) is 4.46. The summed E-state index contributed by atoms with van der Waals surface area (Å²) in [7, 11) is 0. The Morgan fingerprint density at radius 2 is 1.81 bits per heavy atom. The number of hydrazine groups is 1. The molecule has 2 aromatic carbocycles. The lowest BCUT2D eigenvalue weighted by molar-refractivity contribution is 0.465. The van der Waals surface area contributed by atoms with Crippen LogP contribution in [0.3, 0.4) is 0 Å². The van der Waals surface area contributed by atoms with Crippen LogP contribution in [0.25, 0.3) is 0 Å². The van der Waals surface area contributed by atoms with Crippen molar-refractivity contribution in [3.63, 3.8) is 0 Å². The zero-order valence-electron chi connectivity index (χ0n) is 11.9. The van der Waals surface area contributed by atoms with E-state index >= 15 is 0 Å². The van der Waals surface area contributed by atoms with Gasteiger partial charge in [0.2, 0.25) is 0 Å². The molecule has 0 spiro atoms. The first-order valence-electron chi connectivity index (χ1n) is 7.13. The van der Waals surface area contributed by atoms with E-state index in [0.29, 0.717) is 12.0 Å². The van der Waals surface area contributed by atoms with Crippen molar-refractivity contribution in [3.05, 3.63) is 71.3 Å². The smallest absolute Gasteiger partial charge is 0.129 e. The van der Waals surface area contributed by atoms with Gasteiger partial charge in [0, 0.05) is 12.1 Å². The van der Waals surface area contributed by atoms with E-state index in [4.69, 9.17) is 5.84 Å². The van der Waals surface area contributed by atoms with E-state index in [1.807, 2.05) is 18.2 Å². The monoisotopic (exact) mass is 290 g/mol. The molecule has 2 rings (SSSR count). The minimum absolute atomic E-state index is 0.0197. The van der Waals surface area contributed by atoms with Crippen molar-refractivity contribution in [2.24, 2.45) is 5.84 Å². The molecule has 112 valence electrons. The van der Waals surface area contributed by atoms with Crippen LogP contribution >= 0.6 is 0 Å².